The molecule has 1 aliphatic heterocycles. The molecule has 0 fully saturated rings. The topological polar surface area (TPSA) is 71.8 Å². The number of aromatic nitrogens is 3. The third-order valence-corrected chi connectivity index (χ3v) is 5.94. The second-order valence-corrected chi connectivity index (χ2v) is 8.12. The molecule has 2 atom stereocenters. The summed E-state index contributed by atoms with van der Waals surface area (Å²) < 4.78 is 1.91. The first-order valence-corrected chi connectivity index (χ1v) is 10.2. The highest BCUT2D eigenvalue weighted by Crippen LogP contribution is 2.37. The highest BCUT2D eigenvalue weighted by Gasteiger charge is 2.37. The normalized spacial score (nSPS) is 18.2. The smallest absolute Gasteiger partial charge is 0.240 e. The number of amides is 1. The number of benzene rings is 2. The molecule has 1 amide bonds. The van der Waals surface area contributed by atoms with Crippen molar-refractivity contribution in [2.24, 2.45) is 0 Å². The van der Waals surface area contributed by atoms with Crippen molar-refractivity contribution in [1.29, 1.82) is 0 Å². The Bertz CT molecular complexity index is 981. The monoisotopic (exact) mass is 393 g/mol. The molecule has 144 valence electrons. The third kappa shape index (κ3) is 3.62. The third-order valence-electron chi connectivity index (χ3n) is 4.73. The van der Waals surface area contributed by atoms with E-state index in [4.69, 9.17) is 0 Å². The summed E-state index contributed by atoms with van der Waals surface area (Å²) in [5.74, 6) is 0.806. The zero-order valence-electron chi connectivity index (χ0n) is 16.1. The number of rotatable bonds is 4. The van der Waals surface area contributed by atoms with Gasteiger partial charge in [-0.2, -0.15) is 0 Å². The molecule has 0 radical (unpaired) electrons. The molecule has 28 heavy (non-hydrogen) atoms. The number of carbonyl (C=O) groups excluding carboxylic acids is 1. The first-order valence-electron chi connectivity index (χ1n) is 9.36. The number of anilines is 1. The van der Waals surface area contributed by atoms with Crippen LogP contribution in [0.2, 0.25) is 0 Å². The second-order valence-electron chi connectivity index (χ2n) is 7.01. The number of aryl methyl sites for hydroxylation is 3. The summed E-state index contributed by atoms with van der Waals surface area (Å²) in [6.45, 7) is 6.10. The Morgan fingerprint density at radius 1 is 1.14 bits per heavy atom. The van der Waals surface area contributed by atoms with Gasteiger partial charge in [0, 0.05) is 12.1 Å². The molecule has 0 aliphatic carbocycles. The van der Waals surface area contributed by atoms with Gasteiger partial charge in [0.2, 0.25) is 11.1 Å². The number of carbonyl (C=O) groups is 1. The van der Waals surface area contributed by atoms with Gasteiger partial charge in [0.05, 0.1) is 6.04 Å². The molecule has 2 N–H and O–H groups in total. The van der Waals surface area contributed by atoms with E-state index in [0.717, 1.165) is 34.6 Å². The maximum absolute atomic E-state index is 13.2. The van der Waals surface area contributed by atoms with E-state index in [9.17, 15) is 4.79 Å². The Labute approximate surface area is 168 Å². The summed E-state index contributed by atoms with van der Waals surface area (Å²) in [6, 6.07) is 15.9. The fraction of sp³-hybridized carbons (Fsp3) is 0.286. The Balaban J connectivity index is 1.67. The van der Waals surface area contributed by atoms with Crippen LogP contribution in [-0.4, -0.2) is 26.0 Å². The van der Waals surface area contributed by atoms with E-state index in [1.54, 1.807) is 0 Å². The zero-order valence-corrected chi connectivity index (χ0v) is 17.0. The van der Waals surface area contributed by atoms with Gasteiger partial charge in [-0.1, -0.05) is 55.1 Å². The quantitative estimate of drug-likeness (QED) is 0.704. The lowest BCUT2D eigenvalue weighted by Crippen LogP contribution is -2.41. The van der Waals surface area contributed by atoms with Crippen LogP contribution in [0.3, 0.4) is 0 Å². The van der Waals surface area contributed by atoms with Gasteiger partial charge >= 0.3 is 0 Å². The highest BCUT2D eigenvalue weighted by atomic mass is 32.2. The van der Waals surface area contributed by atoms with Crippen molar-refractivity contribution in [3.05, 3.63) is 71.0 Å². The molecule has 0 unspecified atom stereocenters. The predicted molar refractivity (Wildman–Crippen MR) is 112 cm³/mol. The van der Waals surface area contributed by atoms with Gasteiger partial charge in [0.1, 0.15) is 5.25 Å². The predicted octanol–water partition coefficient (Wildman–Crippen LogP) is 3.86. The highest BCUT2D eigenvalue weighted by molar-refractivity contribution is 8.00. The lowest BCUT2D eigenvalue weighted by atomic mass is 10.0. The average Bonchev–Trinajstić information content (AvgIpc) is 3.09. The number of hydrogen-bond donors (Lipinski definition) is 2. The van der Waals surface area contributed by atoms with E-state index in [1.807, 2.05) is 67.9 Å². The lowest BCUT2D eigenvalue weighted by Gasteiger charge is -2.33. The molecule has 7 heteroatoms. The van der Waals surface area contributed by atoms with Gasteiger partial charge in [0.15, 0.2) is 5.82 Å². The summed E-state index contributed by atoms with van der Waals surface area (Å²) in [5, 5.41) is 11.9. The number of nitrogens with zero attached hydrogens (tertiary/aromatic N) is 3. The summed E-state index contributed by atoms with van der Waals surface area (Å²) in [6.07, 6.45) is 0.765. The SMILES string of the molecule is CCc1nnc2n1N[C@H](c1ccccc1)[C@@H](C(=O)Nc1cc(C)cc(C)c1)S2. The van der Waals surface area contributed by atoms with Crippen LogP contribution >= 0.6 is 11.8 Å². The van der Waals surface area contributed by atoms with Crippen LogP contribution in [0.4, 0.5) is 5.69 Å². The van der Waals surface area contributed by atoms with Crippen molar-refractivity contribution in [1.82, 2.24) is 14.9 Å². The zero-order chi connectivity index (χ0) is 19.7. The fourth-order valence-corrected chi connectivity index (χ4v) is 4.60. The largest absolute Gasteiger partial charge is 0.325 e. The van der Waals surface area contributed by atoms with Gasteiger partial charge in [-0.3, -0.25) is 4.79 Å². The first kappa shape index (κ1) is 18.6. The van der Waals surface area contributed by atoms with Gasteiger partial charge in [-0.05, 0) is 42.7 Å². The van der Waals surface area contributed by atoms with Crippen LogP contribution in [0.1, 0.15) is 35.5 Å². The van der Waals surface area contributed by atoms with Crippen molar-refractivity contribution >= 4 is 23.4 Å². The van der Waals surface area contributed by atoms with E-state index in [-0.39, 0.29) is 17.2 Å². The lowest BCUT2D eigenvalue weighted by molar-refractivity contribution is -0.116. The number of hydrogen-bond acceptors (Lipinski definition) is 5. The molecular weight excluding hydrogens is 370 g/mol. The van der Waals surface area contributed by atoms with Crippen LogP contribution in [0.15, 0.2) is 53.7 Å². The van der Waals surface area contributed by atoms with E-state index in [1.165, 1.54) is 11.8 Å². The van der Waals surface area contributed by atoms with Gasteiger partial charge in [-0.25, -0.2) is 4.68 Å². The molecule has 3 aromatic rings. The van der Waals surface area contributed by atoms with Gasteiger partial charge < -0.3 is 10.7 Å². The van der Waals surface area contributed by atoms with E-state index in [2.05, 4.69) is 27.0 Å². The van der Waals surface area contributed by atoms with Crippen LogP contribution in [0.5, 0.6) is 0 Å². The van der Waals surface area contributed by atoms with E-state index < -0.39 is 0 Å². The van der Waals surface area contributed by atoms with Crippen molar-refractivity contribution in [3.63, 3.8) is 0 Å². The van der Waals surface area contributed by atoms with Gasteiger partial charge in [-0.15, -0.1) is 10.2 Å². The van der Waals surface area contributed by atoms with Crippen LogP contribution in [-0.2, 0) is 11.2 Å². The number of fused-ring (bicyclic) bond motifs is 1. The molecule has 4 rings (SSSR count). The molecule has 0 saturated carbocycles. The Morgan fingerprint density at radius 2 is 1.86 bits per heavy atom. The summed E-state index contributed by atoms with van der Waals surface area (Å²) in [5.41, 5.74) is 7.57. The molecule has 1 aromatic heterocycles. The standard InChI is InChI=1S/C21H23N5OS/c1-4-17-23-24-21-26(17)25-18(15-8-6-5-7-9-15)19(28-21)20(27)22-16-11-13(2)10-14(3)12-16/h5-12,18-19,25H,4H2,1-3H3,(H,22,27)/t18-,19+/m1/s1. The van der Waals surface area contributed by atoms with Gasteiger partial charge in [0.25, 0.3) is 0 Å². The molecule has 0 bridgehead atoms. The maximum atomic E-state index is 13.2. The van der Waals surface area contributed by atoms with Crippen LogP contribution < -0.4 is 10.7 Å². The summed E-state index contributed by atoms with van der Waals surface area (Å²) >= 11 is 1.45. The Hall–Kier alpha value is -2.80. The molecule has 1 aliphatic rings. The first-order chi connectivity index (χ1) is 13.5. The fourth-order valence-electron chi connectivity index (χ4n) is 3.50. The molecule has 2 heterocycles. The van der Waals surface area contributed by atoms with Crippen molar-refractivity contribution in [2.45, 2.75) is 43.6 Å². The van der Waals surface area contributed by atoms with Crippen molar-refractivity contribution in [3.8, 4) is 0 Å². The van der Waals surface area contributed by atoms with Crippen LogP contribution in [0.25, 0.3) is 0 Å². The molecule has 6 nitrogen and oxygen atoms in total. The van der Waals surface area contributed by atoms with Crippen molar-refractivity contribution < 1.29 is 4.79 Å². The minimum absolute atomic E-state index is 0.0522. The summed E-state index contributed by atoms with van der Waals surface area (Å²) in [7, 11) is 0. The van der Waals surface area contributed by atoms with E-state index in [0.29, 0.717) is 5.16 Å². The minimum Gasteiger partial charge on any atom is -0.325 e. The van der Waals surface area contributed by atoms with Crippen molar-refractivity contribution in [2.75, 3.05) is 10.7 Å². The molecular formula is C21H23N5OS. The second kappa shape index (κ2) is 7.67. The maximum Gasteiger partial charge on any atom is 0.240 e. The Kier molecular flexibility index (Phi) is 5.09. The average molecular weight is 394 g/mol. The molecule has 0 saturated heterocycles. The van der Waals surface area contributed by atoms with Crippen LogP contribution in [0, 0.1) is 13.8 Å². The summed E-state index contributed by atoms with van der Waals surface area (Å²) in [4.78, 5) is 13.2. The van der Waals surface area contributed by atoms with E-state index >= 15 is 0 Å². The molecule has 2 aromatic carbocycles. The Morgan fingerprint density at radius 3 is 2.54 bits per heavy atom. The number of thioether (sulfide) groups is 1. The minimum atomic E-state index is -0.371. The number of nitrogens with one attached hydrogen (secondary N) is 2. The molecule has 0 spiro atoms.